The fourth-order valence-electron chi connectivity index (χ4n) is 9.50. The summed E-state index contributed by atoms with van der Waals surface area (Å²) >= 11 is 0. The van der Waals surface area contributed by atoms with Gasteiger partial charge >= 0.3 is 0 Å². The molecular formula is C57H35N5O. The standard InChI is InChI=1S/C57H35N5O/c1-4-15-36(16-5-1)42-23-14-26-52-54(42)45-32-29-39(33-53(45)63-52)57-59-55(37-17-6-2-7-18-37)58-56(60-57)38-27-30-41(31-28-38)62-49-25-13-11-22-44(49)47-34-46-43-21-10-12-24-48(43)61(50(46)35-51(47)62)40-19-8-3-9-20-40/h1-35H. The molecule has 0 aliphatic heterocycles. The van der Waals surface area contributed by atoms with Gasteiger partial charge in [-0.3, -0.25) is 0 Å². The molecule has 13 aromatic rings. The van der Waals surface area contributed by atoms with E-state index in [9.17, 15) is 0 Å². The Morgan fingerprint density at radius 1 is 0.302 bits per heavy atom. The molecule has 0 spiro atoms. The molecule has 0 aliphatic rings. The van der Waals surface area contributed by atoms with E-state index in [0.29, 0.717) is 17.5 Å². The van der Waals surface area contributed by atoms with E-state index in [-0.39, 0.29) is 0 Å². The van der Waals surface area contributed by atoms with Crippen LogP contribution in [0.15, 0.2) is 217 Å². The first-order valence-electron chi connectivity index (χ1n) is 21.2. The van der Waals surface area contributed by atoms with E-state index in [1.807, 2.05) is 42.5 Å². The van der Waals surface area contributed by atoms with Gasteiger partial charge in [0, 0.05) is 60.4 Å². The molecule has 0 aliphatic carbocycles. The van der Waals surface area contributed by atoms with E-state index in [0.717, 1.165) is 72.2 Å². The van der Waals surface area contributed by atoms with Gasteiger partial charge < -0.3 is 13.6 Å². The number of furan rings is 1. The molecule has 13 rings (SSSR count). The van der Waals surface area contributed by atoms with Gasteiger partial charge in [0.25, 0.3) is 0 Å². The molecule has 0 atom stereocenters. The van der Waals surface area contributed by atoms with E-state index in [2.05, 4.69) is 179 Å². The maximum Gasteiger partial charge on any atom is 0.164 e. The fraction of sp³-hybridized carbons (Fsp3) is 0. The summed E-state index contributed by atoms with van der Waals surface area (Å²) in [6.45, 7) is 0. The van der Waals surface area contributed by atoms with Crippen LogP contribution in [0.1, 0.15) is 0 Å². The molecule has 0 amide bonds. The second-order valence-corrected chi connectivity index (χ2v) is 16.0. The first-order valence-corrected chi connectivity index (χ1v) is 21.2. The average molecular weight is 806 g/mol. The molecule has 0 fully saturated rings. The lowest BCUT2D eigenvalue weighted by atomic mass is 9.99. The smallest absolute Gasteiger partial charge is 0.164 e. The zero-order valence-electron chi connectivity index (χ0n) is 33.9. The Morgan fingerprint density at radius 3 is 1.44 bits per heavy atom. The number of fused-ring (bicyclic) bond motifs is 9. The highest BCUT2D eigenvalue weighted by Gasteiger charge is 2.20. The molecule has 0 saturated heterocycles. The number of hydrogen-bond donors (Lipinski definition) is 0. The van der Waals surface area contributed by atoms with Gasteiger partial charge in [-0.25, -0.2) is 15.0 Å². The Morgan fingerprint density at radius 2 is 0.810 bits per heavy atom. The highest BCUT2D eigenvalue weighted by atomic mass is 16.3. The van der Waals surface area contributed by atoms with Crippen molar-refractivity contribution in [3.63, 3.8) is 0 Å². The lowest BCUT2D eigenvalue weighted by molar-refractivity contribution is 0.669. The minimum atomic E-state index is 0.578. The maximum absolute atomic E-state index is 6.51. The molecule has 4 aromatic heterocycles. The lowest BCUT2D eigenvalue weighted by Gasteiger charge is -2.11. The lowest BCUT2D eigenvalue weighted by Crippen LogP contribution is -2.00. The Labute approximate surface area is 361 Å². The molecule has 0 bridgehead atoms. The molecule has 6 nitrogen and oxygen atoms in total. The van der Waals surface area contributed by atoms with Crippen molar-refractivity contribution >= 4 is 65.6 Å². The van der Waals surface area contributed by atoms with Gasteiger partial charge in [0.2, 0.25) is 0 Å². The third-order valence-electron chi connectivity index (χ3n) is 12.4. The molecule has 0 N–H and O–H groups in total. The summed E-state index contributed by atoms with van der Waals surface area (Å²) in [5.74, 6) is 1.78. The molecule has 0 saturated carbocycles. The monoisotopic (exact) mass is 805 g/mol. The van der Waals surface area contributed by atoms with Gasteiger partial charge in [-0.1, -0.05) is 133 Å². The van der Waals surface area contributed by atoms with Crippen LogP contribution in [-0.2, 0) is 0 Å². The number of rotatable bonds is 6. The maximum atomic E-state index is 6.51. The molecular weight excluding hydrogens is 771 g/mol. The van der Waals surface area contributed by atoms with Crippen molar-refractivity contribution in [1.29, 1.82) is 0 Å². The molecule has 0 unspecified atom stereocenters. The minimum Gasteiger partial charge on any atom is -0.456 e. The number of para-hydroxylation sites is 3. The Bertz CT molecular complexity index is 3890. The van der Waals surface area contributed by atoms with Crippen molar-refractivity contribution in [2.45, 2.75) is 0 Å². The van der Waals surface area contributed by atoms with Gasteiger partial charge in [0.05, 0.1) is 22.1 Å². The van der Waals surface area contributed by atoms with Gasteiger partial charge in [0.1, 0.15) is 11.2 Å². The Hall–Kier alpha value is -8.61. The van der Waals surface area contributed by atoms with Crippen LogP contribution in [0.2, 0.25) is 0 Å². The van der Waals surface area contributed by atoms with Gasteiger partial charge in [-0.05, 0) is 90.0 Å². The SMILES string of the molecule is c1ccc(-c2nc(-c3ccc(-n4c5ccccc5c5cc6c7ccccc7n(-c7ccccc7)c6cc54)cc3)nc(-c3ccc4c(c3)oc3cccc(-c5ccccc5)c34)n2)cc1. The predicted molar refractivity (Wildman–Crippen MR) is 258 cm³/mol. The van der Waals surface area contributed by atoms with E-state index < -0.39 is 0 Å². The van der Waals surface area contributed by atoms with Crippen LogP contribution >= 0.6 is 0 Å². The van der Waals surface area contributed by atoms with Gasteiger partial charge in [-0.2, -0.15) is 0 Å². The third kappa shape index (κ3) is 5.62. The third-order valence-corrected chi connectivity index (χ3v) is 12.4. The van der Waals surface area contributed by atoms with Crippen LogP contribution in [0.5, 0.6) is 0 Å². The molecule has 63 heavy (non-hydrogen) atoms. The predicted octanol–water partition coefficient (Wildman–Crippen LogP) is 14.6. The summed E-state index contributed by atoms with van der Waals surface area (Å²) in [6, 6.07) is 74.4. The second kappa shape index (κ2) is 14.0. The number of benzene rings is 9. The van der Waals surface area contributed by atoms with Crippen molar-refractivity contribution in [3.8, 4) is 56.7 Å². The van der Waals surface area contributed by atoms with Crippen LogP contribution in [0, 0.1) is 0 Å². The largest absolute Gasteiger partial charge is 0.456 e. The van der Waals surface area contributed by atoms with Gasteiger partial charge in [-0.15, -0.1) is 0 Å². The Kier molecular flexibility index (Phi) is 7.80. The molecule has 0 radical (unpaired) electrons. The van der Waals surface area contributed by atoms with Crippen molar-refractivity contribution in [3.05, 3.63) is 212 Å². The van der Waals surface area contributed by atoms with Crippen molar-refractivity contribution < 1.29 is 4.42 Å². The molecule has 4 heterocycles. The molecule has 6 heteroatoms. The zero-order valence-corrected chi connectivity index (χ0v) is 33.9. The van der Waals surface area contributed by atoms with Crippen LogP contribution in [0.25, 0.3) is 122 Å². The number of nitrogens with zero attached hydrogens (tertiary/aromatic N) is 5. The fourth-order valence-corrected chi connectivity index (χ4v) is 9.50. The molecule has 294 valence electrons. The summed E-state index contributed by atoms with van der Waals surface area (Å²) in [5, 5.41) is 7.04. The van der Waals surface area contributed by atoms with E-state index >= 15 is 0 Å². The summed E-state index contributed by atoms with van der Waals surface area (Å²) in [6.07, 6.45) is 0. The summed E-state index contributed by atoms with van der Waals surface area (Å²) in [7, 11) is 0. The number of aromatic nitrogens is 5. The summed E-state index contributed by atoms with van der Waals surface area (Å²) in [5.41, 5.74) is 13.4. The van der Waals surface area contributed by atoms with Crippen LogP contribution in [-0.4, -0.2) is 24.1 Å². The van der Waals surface area contributed by atoms with Crippen LogP contribution < -0.4 is 0 Å². The molecule has 9 aromatic carbocycles. The first kappa shape index (κ1) is 35.2. The number of hydrogen-bond acceptors (Lipinski definition) is 4. The topological polar surface area (TPSA) is 61.7 Å². The van der Waals surface area contributed by atoms with E-state index in [1.165, 1.54) is 32.6 Å². The summed E-state index contributed by atoms with van der Waals surface area (Å²) < 4.78 is 11.3. The van der Waals surface area contributed by atoms with Crippen LogP contribution in [0.4, 0.5) is 0 Å². The summed E-state index contributed by atoms with van der Waals surface area (Å²) in [4.78, 5) is 15.3. The van der Waals surface area contributed by atoms with Crippen LogP contribution in [0.3, 0.4) is 0 Å². The Balaban J connectivity index is 0.953. The minimum absolute atomic E-state index is 0.578. The van der Waals surface area contributed by atoms with Gasteiger partial charge in [0.15, 0.2) is 17.5 Å². The normalized spacial score (nSPS) is 11.8. The second-order valence-electron chi connectivity index (χ2n) is 16.0. The first-order chi connectivity index (χ1) is 31.2. The van der Waals surface area contributed by atoms with Crippen molar-refractivity contribution in [2.24, 2.45) is 0 Å². The highest BCUT2D eigenvalue weighted by Crippen LogP contribution is 2.41. The van der Waals surface area contributed by atoms with E-state index in [1.54, 1.807) is 0 Å². The quantitative estimate of drug-likeness (QED) is 0.168. The van der Waals surface area contributed by atoms with E-state index in [4.69, 9.17) is 19.4 Å². The zero-order chi connectivity index (χ0) is 41.4. The highest BCUT2D eigenvalue weighted by molar-refractivity contribution is 6.19. The van der Waals surface area contributed by atoms with Crippen molar-refractivity contribution in [1.82, 2.24) is 24.1 Å². The average Bonchev–Trinajstić information content (AvgIpc) is 4.01. The van der Waals surface area contributed by atoms with Crippen molar-refractivity contribution in [2.75, 3.05) is 0 Å².